The lowest BCUT2D eigenvalue weighted by atomic mass is 10.0. The zero-order valence-corrected chi connectivity index (χ0v) is 16.3. The minimum atomic E-state index is -2.05. The quantitative estimate of drug-likeness (QED) is 0.100. The summed E-state index contributed by atoms with van der Waals surface area (Å²) in [6, 6.07) is 0. The summed E-state index contributed by atoms with van der Waals surface area (Å²) in [4.78, 5) is 21.8. The molecule has 0 aromatic rings. The van der Waals surface area contributed by atoms with Crippen LogP contribution in [-0.4, -0.2) is 161 Å². The molecule has 0 amide bonds. The van der Waals surface area contributed by atoms with Crippen LogP contribution in [0.25, 0.3) is 0 Å². The Labute approximate surface area is 176 Å². The van der Waals surface area contributed by atoms with Gasteiger partial charge in [0.05, 0.1) is 26.4 Å². The highest BCUT2D eigenvalue weighted by Crippen LogP contribution is 2.13. The largest absolute Gasteiger partial charge is 0.394 e. The minimum Gasteiger partial charge on any atom is -0.394 e. The van der Waals surface area contributed by atoms with Crippen LogP contribution in [0, 0.1) is 0 Å². The van der Waals surface area contributed by atoms with E-state index in [0.717, 1.165) is 0 Å². The van der Waals surface area contributed by atoms with Crippen molar-refractivity contribution in [3.05, 3.63) is 0 Å². The molecule has 0 heterocycles. The third-order valence-corrected chi connectivity index (χ3v) is 3.94. The van der Waals surface area contributed by atoms with E-state index in [1.54, 1.807) is 0 Å². The zero-order chi connectivity index (χ0) is 24.7. The molecule has 0 rings (SSSR count). The van der Waals surface area contributed by atoms with Gasteiger partial charge >= 0.3 is 0 Å². The lowest BCUT2D eigenvalue weighted by Gasteiger charge is -2.30. The Morgan fingerprint density at radius 3 is 0.935 bits per heavy atom. The lowest BCUT2D eigenvalue weighted by Crippen LogP contribution is -2.52. The first-order valence-corrected chi connectivity index (χ1v) is 8.91. The average Bonchev–Trinajstić information content (AvgIpc) is 2.80. The molecule has 0 aromatic carbocycles. The normalized spacial score (nSPS) is 21.2. The number of ether oxygens (including phenoxy) is 1. The van der Waals surface area contributed by atoms with E-state index in [9.17, 15) is 40.2 Å². The topological polar surface area (TPSA) is 286 Å². The molecule has 0 aliphatic rings. The number of hydrogen-bond acceptors (Lipinski definition) is 15. The number of aldehydes is 2. The first-order chi connectivity index (χ1) is 14.5. The molecule has 0 aliphatic carbocycles. The van der Waals surface area contributed by atoms with Gasteiger partial charge in [0.15, 0.2) is 12.6 Å². The van der Waals surface area contributed by atoms with Crippen LogP contribution < -0.4 is 0 Å². The van der Waals surface area contributed by atoms with Crippen molar-refractivity contribution >= 4 is 12.6 Å². The Morgan fingerprint density at radius 1 is 0.484 bits per heavy atom. The van der Waals surface area contributed by atoms with E-state index >= 15 is 0 Å². The molecule has 0 aromatic heterocycles. The summed E-state index contributed by atoms with van der Waals surface area (Å²) in [6.45, 7) is -2.90. The summed E-state index contributed by atoms with van der Waals surface area (Å²) >= 11 is 0. The van der Waals surface area contributed by atoms with Gasteiger partial charge in [-0.1, -0.05) is 0 Å². The van der Waals surface area contributed by atoms with Crippen LogP contribution in [0.4, 0.5) is 0 Å². The Balaban J connectivity index is 0. The number of aliphatic hydroxyl groups excluding tert-OH is 12. The Morgan fingerprint density at radius 2 is 0.742 bits per heavy atom. The van der Waals surface area contributed by atoms with Gasteiger partial charge in [0.1, 0.15) is 61.0 Å². The second-order valence-electron chi connectivity index (χ2n) is 6.30. The maximum atomic E-state index is 10.9. The van der Waals surface area contributed by atoms with Gasteiger partial charge in [-0.2, -0.15) is 0 Å². The highest BCUT2D eigenvalue weighted by atomic mass is 16.5. The van der Waals surface area contributed by atoms with Crippen LogP contribution in [0.2, 0.25) is 0 Å². The van der Waals surface area contributed by atoms with Crippen LogP contribution in [-0.2, 0) is 14.3 Å². The van der Waals surface area contributed by atoms with E-state index in [0.29, 0.717) is 0 Å². The van der Waals surface area contributed by atoms with Crippen LogP contribution >= 0.6 is 0 Å². The SMILES string of the molecule is O=C[C@H](O[C@@H](C=O)[C@@H](O)[C@H](O)[C@H](O)CO)[C@@H](O)[C@H](O)[C@H](O)CO.OC[C@@H](O)[C@@H](O)CO. The monoisotopic (exact) mass is 464 g/mol. The molecule has 0 fully saturated rings. The maximum Gasteiger partial charge on any atom is 0.151 e. The molecule has 0 radical (unpaired) electrons. The molecule has 0 saturated carbocycles. The van der Waals surface area contributed by atoms with Crippen molar-refractivity contribution in [3.63, 3.8) is 0 Å². The van der Waals surface area contributed by atoms with Crippen LogP contribution in [0.15, 0.2) is 0 Å². The molecule has 0 saturated heterocycles. The summed E-state index contributed by atoms with van der Waals surface area (Å²) in [7, 11) is 0. The smallest absolute Gasteiger partial charge is 0.151 e. The number of rotatable bonds is 15. The van der Waals surface area contributed by atoms with Gasteiger partial charge in [0.25, 0.3) is 0 Å². The van der Waals surface area contributed by atoms with E-state index in [1.807, 2.05) is 0 Å². The van der Waals surface area contributed by atoms with Gasteiger partial charge in [-0.3, -0.25) is 0 Å². The van der Waals surface area contributed by atoms with Gasteiger partial charge in [0.2, 0.25) is 0 Å². The lowest BCUT2D eigenvalue weighted by molar-refractivity contribution is -0.180. The molecule has 0 aliphatic heterocycles. The van der Waals surface area contributed by atoms with Crippen molar-refractivity contribution in [1.29, 1.82) is 0 Å². The fourth-order valence-electron chi connectivity index (χ4n) is 1.87. The highest BCUT2D eigenvalue weighted by molar-refractivity contribution is 5.61. The molecule has 10 atom stereocenters. The van der Waals surface area contributed by atoms with Crippen LogP contribution in [0.5, 0.6) is 0 Å². The number of aliphatic hydroxyl groups is 12. The number of carbonyl (C=O) groups is 2. The van der Waals surface area contributed by atoms with Crippen molar-refractivity contribution in [2.45, 2.75) is 61.0 Å². The molecule has 15 heteroatoms. The van der Waals surface area contributed by atoms with E-state index in [1.165, 1.54) is 0 Å². The maximum absolute atomic E-state index is 10.9. The standard InChI is InChI=1S/C12H22O11.C4H10O4/c13-1-5(17)9(19)11(21)7(3-15)23-8(4-16)12(22)10(20)6(18)2-14;5-1-3(7)4(8)2-6/h3-14,17-22H,1-2H2;3-8H,1-2H2/t5-,6-,7+,8+,9-,10-,11-,12-;3-,4+/m1./s1. The van der Waals surface area contributed by atoms with E-state index in [-0.39, 0.29) is 12.6 Å². The highest BCUT2D eigenvalue weighted by Gasteiger charge is 2.37. The molecule has 12 N–H and O–H groups in total. The molecular formula is C16H32O15. The van der Waals surface area contributed by atoms with Gasteiger partial charge in [-0.05, 0) is 0 Å². The van der Waals surface area contributed by atoms with Crippen molar-refractivity contribution < 1.29 is 75.6 Å². The summed E-state index contributed by atoms with van der Waals surface area (Å²) in [6.07, 6.45) is -18.0. The van der Waals surface area contributed by atoms with E-state index in [2.05, 4.69) is 0 Å². The van der Waals surface area contributed by atoms with E-state index < -0.39 is 87.5 Å². The predicted octanol–water partition coefficient (Wildman–Crippen LogP) is -8.02. The second-order valence-corrected chi connectivity index (χ2v) is 6.30. The van der Waals surface area contributed by atoms with Crippen molar-refractivity contribution in [1.82, 2.24) is 0 Å². The Kier molecular flexibility index (Phi) is 17.9. The van der Waals surface area contributed by atoms with Crippen molar-refractivity contribution in [2.75, 3.05) is 26.4 Å². The molecule has 31 heavy (non-hydrogen) atoms. The Bertz CT molecular complexity index is 426. The van der Waals surface area contributed by atoms with Gasteiger partial charge in [0, 0.05) is 0 Å². The third-order valence-electron chi connectivity index (χ3n) is 3.94. The third kappa shape index (κ3) is 11.3. The molecule has 15 nitrogen and oxygen atoms in total. The molecule has 186 valence electrons. The summed E-state index contributed by atoms with van der Waals surface area (Å²) in [5.74, 6) is 0. The van der Waals surface area contributed by atoms with Crippen molar-refractivity contribution in [2.24, 2.45) is 0 Å². The van der Waals surface area contributed by atoms with Gasteiger partial charge in [-0.25, -0.2) is 0 Å². The molecule has 0 unspecified atom stereocenters. The van der Waals surface area contributed by atoms with Crippen LogP contribution in [0.1, 0.15) is 0 Å². The van der Waals surface area contributed by atoms with E-state index in [4.69, 9.17) is 35.4 Å². The predicted molar refractivity (Wildman–Crippen MR) is 97.2 cm³/mol. The minimum absolute atomic E-state index is 0.0317. The fourth-order valence-corrected chi connectivity index (χ4v) is 1.87. The number of carbonyl (C=O) groups excluding carboxylic acids is 2. The zero-order valence-electron chi connectivity index (χ0n) is 16.3. The van der Waals surface area contributed by atoms with Crippen molar-refractivity contribution in [3.8, 4) is 0 Å². The second kappa shape index (κ2) is 17.4. The average molecular weight is 464 g/mol. The fraction of sp³-hybridized carbons (Fsp3) is 0.875. The summed E-state index contributed by atoms with van der Waals surface area (Å²) in [5.41, 5.74) is 0. The molecular weight excluding hydrogens is 432 g/mol. The first kappa shape index (κ1) is 32.0. The molecule has 0 bridgehead atoms. The Hall–Kier alpha value is -1.18. The number of hydrogen-bond donors (Lipinski definition) is 12. The summed E-state index contributed by atoms with van der Waals surface area (Å²) in [5, 5.41) is 107. The molecule has 0 spiro atoms. The van der Waals surface area contributed by atoms with Gasteiger partial charge < -0.3 is 75.6 Å². The first-order valence-electron chi connectivity index (χ1n) is 8.91. The van der Waals surface area contributed by atoms with Gasteiger partial charge in [-0.15, -0.1) is 0 Å². The summed E-state index contributed by atoms with van der Waals surface area (Å²) < 4.78 is 4.76. The van der Waals surface area contributed by atoms with Crippen LogP contribution in [0.3, 0.4) is 0 Å².